The van der Waals surface area contributed by atoms with E-state index in [1.54, 1.807) is 0 Å². The molecule has 5 aliphatic rings. The van der Waals surface area contributed by atoms with Gasteiger partial charge in [0.05, 0.1) is 6.54 Å². The Morgan fingerprint density at radius 1 is 0.952 bits per heavy atom. The average molecular weight is 313 g/mol. The second-order valence-corrected chi connectivity index (χ2v) is 8.20. The molecule has 0 aromatic heterocycles. The van der Waals surface area contributed by atoms with Crippen molar-refractivity contribution in [3.63, 3.8) is 0 Å². The van der Waals surface area contributed by atoms with Gasteiger partial charge in [-0.2, -0.15) is 0 Å². The number of halogens is 1. The predicted octanol–water partition coefficient (Wildman–Crippen LogP) is 2.44. The van der Waals surface area contributed by atoms with Crippen molar-refractivity contribution in [1.29, 1.82) is 0 Å². The van der Waals surface area contributed by atoms with Gasteiger partial charge in [0.2, 0.25) is 0 Å². The Hall–Kier alpha value is -0.120. The van der Waals surface area contributed by atoms with Gasteiger partial charge in [0, 0.05) is 31.6 Å². The van der Waals surface area contributed by atoms with E-state index in [4.69, 9.17) is 0 Å². The van der Waals surface area contributed by atoms with Crippen LogP contribution in [0.15, 0.2) is 0 Å². The standard InChI is InChI=1S/C17H28N2O.ClH/c1-18-2-4-19(5-3-18)12-16(20)17-9-13-6-14(10-17)8-15(7-13)11-17;/h13-15H,2-12H2,1H3;1H. The maximum atomic E-state index is 13.0. The third-order valence-corrected chi connectivity index (χ3v) is 6.59. The van der Waals surface area contributed by atoms with Gasteiger partial charge in [-0.15, -0.1) is 12.4 Å². The van der Waals surface area contributed by atoms with Gasteiger partial charge in [0.15, 0.2) is 5.78 Å². The van der Waals surface area contributed by atoms with Crippen LogP contribution in [0.4, 0.5) is 0 Å². The molecule has 0 radical (unpaired) electrons. The summed E-state index contributed by atoms with van der Waals surface area (Å²) in [6, 6.07) is 0. The quantitative estimate of drug-likeness (QED) is 0.800. The molecule has 4 aliphatic carbocycles. The minimum atomic E-state index is 0. The Morgan fingerprint density at radius 2 is 1.43 bits per heavy atom. The summed E-state index contributed by atoms with van der Waals surface area (Å²) in [6.45, 7) is 5.13. The molecule has 3 nitrogen and oxygen atoms in total. The normalized spacial score (nSPS) is 42.8. The van der Waals surface area contributed by atoms with Crippen molar-refractivity contribution in [2.45, 2.75) is 38.5 Å². The lowest BCUT2D eigenvalue weighted by Gasteiger charge is -2.56. The fourth-order valence-electron chi connectivity index (χ4n) is 5.83. The van der Waals surface area contributed by atoms with Crippen LogP contribution >= 0.6 is 12.4 Å². The highest BCUT2D eigenvalue weighted by Gasteiger charge is 2.54. The van der Waals surface area contributed by atoms with Crippen molar-refractivity contribution in [3.8, 4) is 0 Å². The number of hydrogen-bond donors (Lipinski definition) is 0. The fourth-order valence-corrected chi connectivity index (χ4v) is 5.83. The van der Waals surface area contributed by atoms with E-state index >= 15 is 0 Å². The molecule has 4 heteroatoms. The van der Waals surface area contributed by atoms with E-state index in [2.05, 4.69) is 16.8 Å². The molecular formula is C17H29ClN2O. The van der Waals surface area contributed by atoms with Gasteiger partial charge < -0.3 is 4.90 Å². The number of rotatable bonds is 3. The van der Waals surface area contributed by atoms with E-state index in [1.807, 2.05) is 0 Å². The minimum Gasteiger partial charge on any atom is -0.304 e. The van der Waals surface area contributed by atoms with Crippen LogP contribution in [-0.2, 0) is 4.79 Å². The zero-order chi connectivity index (χ0) is 13.7. The Morgan fingerprint density at radius 3 is 1.90 bits per heavy atom. The second-order valence-electron chi connectivity index (χ2n) is 8.20. The summed E-state index contributed by atoms with van der Waals surface area (Å²) in [4.78, 5) is 17.8. The van der Waals surface area contributed by atoms with Crippen LogP contribution in [0.25, 0.3) is 0 Å². The Kier molecular flexibility index (Phi) is 4.37. The molecule has 5 rings (SSSR count). The van der Waals surface area contributed by atoms with Gasteiger partial charge in [-0.05, 0) is 63.3 Å². The molecule has 120 valence electrons. The van der Waals surface area contributed by atoms with Crippen LogP contribution in [0.2, 0.25) is 0 Å². The molecule has 5 fully saturated rings. The monoisotopic (exact) mass is 312 g/mol. The van der Waals surface area contributed by atoms with E-state index in [1.165, 1.54) is 38.5 Å². The third-order valence-electron chi connectivity index (χ3n) is 6.59. The molecule has 1 heterocycles. The van der Waals surface area contributed by atoms with E-state index < -0.39 is 0 Å². The summed E-state index contributed by atoms with van der Waals surface area (Å²) >= 11 is 0. The number of piperazine rings is 1. The number of ketones is 1. The molecule has 4 bridgehead atoms. The zero-order valence-corrected chi connectivity index (χ0v) is 14.0. The first kappa shape index (κ1) is 15.8. The first-order valence-corrected chi connectivity index (χ1v) is 8.57. The summed E-state index contributed by atoms with van der Waals surface area (Å²) in [7, 11) is 2.18. The highest BCUT2D eigenvalue weighted by molar-refractivity contribution is 5.87. The predicted molar refractivity (Wildman–Crippen MR) is 86.8 cm³/mol. The number of hydrogen-bond acceptors (Lipinski definition) is 3. The van der Waals surface area contributed by atoms with Crippen LogP contribution in [0.1, 0.15) is 38.5 Å². The van der Waals surface area contributed by atoms with Gasteiger partial charge in [0.25, 0.3) is 0 Å². The van der Waals surface area contributed by atoms with Crippen LogP contribution in [0.5, 0.6) is 0 Å². The first-order valence-electron chi connectivity index (χ1n) is 8.57. The van der Waals surface area contributed by atoms with E-state index in [9.17, 15) is 4.79 Å². The number of likely N-dealkylation sites (N-methyl/N-ethyl adjacent to an activating group) is 1. The third kappa shape index (κ3) is 2.89. The summed E-state index contributed by atoms with van der Waals surface area (Å²) in [5, 5.41) is 0. The lowest BCUT2D eigenvalue weighted by atomic mass is 9.48. The molecule has 0 aromatic rings. The van der Waals surface area contributed by atoms with Crippen molar-refractivity contribution in [1.82, 2.24) is 9.80 Å². The molecule has 0 N–H and O–H groups in total. The summed E-state index contributed by atoms with van der Waals surface area (Å²) < 4.78 is 0. The highest BCUT2D eigenvalue weighted by Crippen LogP contribution is 2.60. The first-order chi connectivity index (χ1) is 9.63. The molecule has 0 atom stereocenters. The largest absolute Gasteiger partial charge is 0.304 e. The zero-order valence-electron chi connectivity index (χ0n) is 13.2. The van der Waals surface area contributed by atoms with Crippen molar-refractivity contribution in [2.24, 2.45) is 23.2 Å². The molecule has 0 amide bonds. The highest BCUT2D eigenvalue weighted by atomic mass is 35.5. The molecular weight excluding hydrogens is 284 g/mol. The summed E-state index contributed by atoms with van der Waals surface area (Å²) in [6.07, 6.45) is 7.98. The molecule has 4 saturated carbocycles. The van der Waals surface area contributed by atoms with Gasteiger partial charge in [-0.3, -0.25) is 9.69 Å². The van der Waals surface area contributed by atoms with Crippen molar-refractivity contribution in [3.05, 3.63) is 0 Å². The lowest BCUT2D eigenvalue weighted by molar-refractivity contribution is -0.145. The van der Waals surface area contributed by atoms with Gasteiger partial charge in [-0.25, -0.2) is 0 Å². The SMILES string of the molecule is CN1CCN(CC(=O)C23CC4CC(CC(C4)C2)C3)CC1.Cl. The van der Waals surface area contributed by atoms with E-state index in [0.29, 0.717) is 5.78 Å². The van der Waals surface area contributed by atoms with Crippen molar-refractivity contribution >= 4 is 18.2 Å². The molecule has 1 aliphatic heterocycles. The van der Waals surface area contributed by atoms with Crippen molar-refractivity contribution in [2.75, 3.05) is 39.8 Å². The lowest BCUT2D eigenvalue weighted by Crippen LogP contribution is -2.54. The molecule has 21 heavy (non-hydrogen) atoms. The van der Waals surface area contributed by atoms with Gasteiger partial charge >= 0.3 is 0 Å². The summed E-state index contributed by atoms with van der Waals surface area (Å²) in [5.74, 6) is 3.26. The molecule has 0 aromatic carbocycles. The number of carbonyl (C=O) groups is 1. The summed E-state index contributed by atoms with van der Waals surface area (Å²) in [5.41, 5.74) is 0.109. The Bertz CT molecular complexity index is 368. The second kappa shape index (κ2) is 5.82. The maximum absolute atomic E-state index is 13.0. The Balaban J connectivity index is 0.00000132. The smallest absolute Gasteiger partial charge is 0.152 e. The number of carbonyl (C=O) groups excluding carboxylic acids is 1. The molecule has 0 unspecified atom stereocenters. The van der Waals surface area contributed by atoms with Crippen LogP contribution in [0.3, 0.4) is 0 Å². The van der Waals surface area contributed by atoms with Gasteiger partial charge in [0.1, 0.15) is 0 Å². The molecule has 1 saturated heterocycles. The van der Waals surface area contributed by atoms with Crippen LogP contribution in [0, 0.1) is 23.2 Å². The van der Waals surface area contributed by atoms with Crippen LogP contribution < -0.4 is 0 Å². The fraction of sp³-hybridized carbons (Fsp3) is 0.941. The van der Waals surface area contributed by atoms with E-state index in [-0.39, 0.29) is 17.8 Å². The minimum absolute atomic E-state index is 0. The number of Topliss-reactive ketones (excluding diaryl/α,β-unsaturated/α-hetero) is 1. The number of nitrogens with zero attached hydrogens (tertiary/aromatic N) is 2. The topological polar surface area (TPSA) is 23.6 Å². The van der Waals surface area contributed by atoms with Crippen molar-refractivity contribution < 1.29 is 4.79 Å². The maximum Gasteiger partial charge on any atom is 0.152 e. The molecule has 0 spiro atoms. The average Bonchev–Trinajstić information content (AvgIpc) is 2.40. The van der Waals surface area contributed by atoms with Gasteiger partial charge in [-0.1, -0.05) is 0 Å². The van der Waals surface area contributed by atoms with E-state index in [0.717, 1.165) is 50.5 Å². The van der Waals surface area contributed by atoms with Crippen LogP contribution in [-0.4, -0.2) is 55.4 Å². The Labute approximate surface area is 134 Å².